The summed E-state index contributed by atoms with van der Waals surface area (Å²) in [4.78, 5) is 12.4. The summed E-state index contributed by atoms with van der Waals surface area (Å²) < 4.78 is 5.76. The maximum Gasteiger partial charge on any atom is 0.343 e. The van der Waals surface area contributed by atoms with Gasteiger partial charge in [-0.2, -0.15) is 0 Å². The van der Waals surface area contributed by atoms with Crippen LogP contribution in [0.25, 0.3) is 10.8 Å². The van der Waals surface area contributed by atoms with Crippen molar-refractivity contribution in [3.05, 3.63) is 94.6 Å². The molecule has 1 saturated carbocycles. The Bertz CT molecular complexity index is 933. The fourth-order valence-corrected chi connectivity index (χ4v) is 3.44. The molecule has 120 valence electrons. The number of fused-ring (bicyclic) bond motifs is 1. The van der Waals surface area contributed by atoms with Crippen molar-refractivity contribution in [1.82, 2.24) is 0 Å². The molecule has 2 aromatic carbocycles. The lowest BCUT2D eigenvalue weighted by molar-refractivity contribution is 0.458. The maximum atomic E-state index is 12.4. The lowest BCUT2D eigenvalue weighted by atomic mass is 9.87. The van der Waals surface area contributed by atoms with Crippen LogP contribution in [0.3, 0.4) is 0 Å². The molecule has 24 heavy (non-hydrogen) atoms. The van der Waals surface area contributed by atoms with Gasteiger partial charge in [0.2, 0.25) is 0 Å². The summed E-state index contributed by atoms with van der Waals surface area (Å²) in [6, 6.07) is 18.2. The van der Waals surface area contributed by atoms with Crippen LogP contribution in [-0.2, 0) is 6.42 Å². The molecule has 0 aliphatic heterocycles. The molecule has 1 unspecified atom stereocenters. The number of hydrogen-bond acceptors (Lipinski definition) is 2. The van der Waals surface area contributed by atoms with Gasteiger partial charge in [-0.1, -0.05) is 54.6 Å². The summed E-state index contributed by atoms with van der Waals surface area (Å²) in [6.07, 6.45) is 5.05. The monoisotopic (exact) mass is 316 g/mol. The van der Waals surface area contributed by atoms with E-state index in [0.717, 1.165) is 36.0 Å². The van der Waals surface area contributed by atoms with Crippen LogP contribution < -0.4 is 5.63 Å². The number of rotatable bonds is 5. The molecule has 4 rings (SSSR count). The Hall–Kier alpha value is -2.61. The van der Waals surface area contributed by atoms with E-state index < -0.39 is 0 Å². The van der Waals surface area contributed by atoms with E-state index >= 15 is 0 Å². The van der Waals surface area contributed by atoms with Crippen molar-refractivity contribution < 1.29 is 4.42 Å². The third-order valence-electron chi connectivity index (χ3n) is 4.81. The molecule has 1 heterocycles. The summed E-state index contributed by atoms with van der Waals surface area (Å²) >= 11 is 0. The standard InChI is InChI=1S/C22H20O2/c1-2-16(14-15-8-4-3-5-9-15)20-18-10-6-7-11-19(18)22(23)24-21(20)17-12-13-17/h2-11,16-17H,1,12-14H2. The van der Waals surface area contributed by atoms with Crippen molar-refractivity contribution in [3.8, 4) is 0 Å². The number of hydrogen-bond donors (Lipinski definition) is 0. The van der Waals surface area contributed by atoms with E-state index in [-0.39, 0.29) is 11.5 Å². The SMILES string of the molecule is C=CC(Cc1ccccc1)c1c(C2CC2)oc(=O)c2ccccc12. The Labute approximate surface area is 141 Å². The van der Waals surface area contributed by atoms with Crippen LogP contribution in [0, 0.1) is 0 Å². The zero-order valence-electron chi connectivity index (χ0n) is 13.6. The molecule has 1 aliphatic rings. The predicted octanol–water partition coefficient (Wildman–Crippen LogP) is 5.18. The first-order valence-electron chi connectivity index (χ1n) is 8.50. The first kappa shape index (κ1) is 14.9. The third kappa shape index (κ3) is 2.69. The van der Waals surface area contributed by atoms with Crippen LogP contribution in [0.15, 0.2) is 76.5 Å². The van der Waals surface area contributed by atoms with Crippen molar-refractivity contribution in [2.75, 3.05) is 0 Å². The fourth-order valence-electron chi connectivity index (χ4n) is 3.44. The van der Waals surface area contributed by atoms with Gasteiger partial charge < -0.3 is 4.42 Å². The van der Waals surface area contributed by atoms with E-state index in [1.807, 2.05) is 36.4 Å². The zero-order valence-corrected chi connectivity index (χ0v) is 13.6. The molecule has 2 nitrogen and oxygen atoms in total. The Kier molecular flexibility index (Phi) is 3.81. The minimum Gasteiger partial charge on any atom is -0.427 e. The van der Waals surface area contributed by atoms with Crippen LogP contribution in [0.2, 0.25) is 0 Å². The van der Waals surface area contributed by atoms with E-state index in [1.165, 1.54) is 5.56 Å². The molecule has 0 radical (unpaired) electrons. The molecule has 0 bridgehead atoms. The van der Waals surface area contributed by atoms with E-state index in [4.69, 9.17) is 4.42 Å². The fraction of sp³-hybridized carbons (Fsp3) is 0.227. The molecule has 2 heteroatoms. The average molecular weight is 316 g/mol. The van der Waals surface area contributed by atoms with Gasteiger partial charge in [-0.3, -0.25) is 0 Å². The maximum absolute atomic E-state index is 12.4. The summed E-state index contributed by atoms with van der Waals surface area (Å²) in [7, 11) is 0. The van der Waals surface area contributed by atoms with Crippen LogP contribution in [-0.4, -0.2) is 0 Å². The highest BCUT2D eigenvalue weighted by molar-refractivity contribution is 5.86. The van der Waals surface area contributed by atoms with E-state index in [9.17, 15) is 4.79 Å². The van der Waals surface area contributed by atoms with E-state index in [0.29, 0.717) is 11.3 Å². The second-order valence-electron chi connectivity index (χ2n) is 6.52. The van der Waals surface area contributed by atoms with Crippen molar-refractivity contribution in [1.29, 1.82) is 0 Å². The molecule has 0 saturated heterocycles. The lowest BCUT2D eigenvalue weighted by Gasteiger charge is -2.18. The Balaban J connectivity index is 1.90. The minimum absolute atomic E-state index is 0.136. The first-order chi connectivity index (χ1) is 11.8. The molecule has 3 aromatic rings. The van der Waals surface area contributed by atoms with Crippen LogP contribution in [0.5, 0.6) is 0 Å². The molecule has 1 aliphatic carbocycles. The normalized spacial score (nSPS) is 15.3. The first-order valence-corrected chi connectivity index (χ1v) is 8.50. The van der Waals surface area contributed by atoms with Gasteiger partial charge in [-0.15, -0.1) is 6.58 Å². The quantitative estimate of drug-likeness (QED) is 0.607. The molecule has 1 aromatic heterocycles. The molecule has 1 fully saturated rings. The van der Waals surface area contributed by atoms with Crippen molar-refractivity contribution in [2.24, 2.45) is 0 Å². The van der Waals surface area contributed by atoms with Gasteiger partial charge in [0.1, 0.15) is 5.76 Å². The summed E-state index contributed by atoms with van der Waals surface area (Å²) in [5, 5.41) is 1.67. The van der Waals surface area contributed by atoms with Crippen LogP contribution >= 0.6 is 0 Å². The summed E-state index contributed by atoms with van der Waals surface area (Å²) in [5.74, 6) is 1.40. The van der Waals surface area contributed by atoms with E-state index in [1.54, 1.807) is 0 Å². The van der Waals surface area contributed by atoms with Gasteiger partial charge in [0.05, 0.1) is 5.39 Å². The zero-order chi connectivity index (χ0) is 16.5. The Morgan fingerprint density at radius 1 is 1.04 bits per heavy atom. The highest BCUT2D eigenvalue weighted by Crippen LogP contribution is 2.45. The van der Waals surface area contributed by atoms with Gasteiger partial charge >= 0.3 is 5.63 Å². The largest absolute Gasteiger partial charge is 0.427 e. The number of allylic oxidation sites excluding steroid dienone is 1. The van der Waals surface area contributed by atoms with Crippen molar-refractivity contribution in [3.63, 3.8) is 0 Å². The molecular weight excluding hydrogens is 296 g/mol. The molecule has 0 N–H and O–H groups in total. The van der Waals surface area contributed by atoms with Gasteiger partial charge in [0, 0.05) is 17.4 Å². The van der Waals surface area contributed by atoms with Gasteiger partial charge in [-0.25, -0.2) is 4.79 Å². The summed E-state index contributed by atoms with van der Waals surface area (Å²) in [5.41, 5.74) is 2.18. The smallest absolute Gasteiger partial charge is 0.343 e. The highest BCUT2D eigenvalue weighted by Gasteiger charge is 2.32. The lowest BCUT2D eigenvalue weighted by Crippen LogP contribution is -2.10. The van der Waals surface area contributed by atoms with Gasteiger partial charge in [0.25, 0.3) is 0 Å². The van der Waals surface area contributed by atoms with Gasteiger partial charge in [0.15, 0.2) is 0 Å². The Morgan fingerprint density at radius 3 is 2.38 bits per heavy atom. The van der Waals surface area contributed by atoms with E-state index in [2.05, 4.69) is 30.8 Å². The highest BCUT2D eigenvalue weighted by atomic mass is 16.4. The van der Waals surface area contributed by atoms with Crippen LogP contribution in [0.1, 0.15) is 41.6 Å². The summed E-state index contributed by atoms with van der Waals surface area (Å²) in [6.45, 7) is 4.06. The third-order valence-corrected chi connectivity index (χ3v) is 4.81. The van der Waals surface area contributed by atoms with Crippen LogP contribution in [0.4, 0.5) is 0 Å². The topological polar surface area (TPSA) is 30.2 Å². The molecular formula is C22H20O2. The average Bonchev–Trinajstić information content (AvgIpc) is 3.46. The molecule has 1 atom stereocenters. The minimum atomic E-state index is -0.223. The predicted molar refractivity (Wildman–Crippen MR) is 97.5 cm³/mol. The Morgan fingerprint density at radius 2 is 1.71 bits per heavy atom. The van der Waals surface area contributed by atoms with Crippen molar-refractivity contribution in [2.45, 2.75) is 31.1 Å². The number of benzene rings is 2. The molecule has 0 amide bonds. The van der Waals surface area contributed by atoms with Gasteiger partial charge in [-0.05, 0) is 36.3 Å². The molecule has 0 spiro atoms. The second kappa shape index (κ2) is 6.12. The second-order valence-corrected chi connectivity index (χ2v) is 6.52. The van der Waals surface area contributed by atoms with Crippen molar-refractivity contribution >= 4 is 10.8 Å².